The summed E-state index contributed by atoms with van der Waals surface area (Å²) in [6.45, 7) is 7.99. The smallest absolute Gasteiger partial charge is 0.128 e. The Bertz CT molecular complexity index is 344. The van der Waals surface area contributed by atoms with Crippen molar-refractivity contribution in [2.75, 3.05) is 0 Å². The van der Waals surface area contributed by atoms with E-state index in [1.807, 2.05) is 19.9 Å². The van der Waals surface area contributed by atoms with Gasteiger partial charge in [-0.3, -0.25) is 0 Å². The summed E-state index contributed by atoms with van der Waals surface area (Å²) in [4.78, 5) is 0. The van der Waals surface area contributed by atoms with Crippen LogP contribution >= 0.6 is 0 Å². The van der Waals surface area contributed by atoms with Crippen LogP contribution in [0.2, 0.25) is 0 Å². The second-order valence-electron chi connectivity index (χ2n) is 4.58. The van der Waals surface area contributed by atoms with Crippen molar-refractivity contribution in [1.29, 1.82) is 0 Å². The van der Waals surface area contributed by atoms with E-state index in [2.05, 4.69) is 13.8 Å². The fourth-order valence-electron chi connectivity index (χ4n) is 1.74. The molecular weight excluding hydrogens is 189 g/mol. The Morgan fingerprint density at radius 2 is 2.07 bits per heavy atom. The van der Waals surface area contributed by atoms with Gasteiger partial charge >= 0.3 is 0 Å². The third-order valence-electron chi connectivity index (χ3n) is 3.34. The van der Waals surface area contributed by atoms with Crippen molar-refractivity contribution < 1.29 is 4.39 Å². The molecule has 0 aromatic heterocycles. The zero-order chi connectivity index (χ0) is 11.6. The van der Waals surface area contributed by atoms with Gasteiger partial charge in [-0.15, -0.1) is 0 Å². The molecule has 0 heterocycles. The van der Waals surface area contributed by atoms with E-state index in [4.69, 9.17) is 5.73 Å². The number of benzene rings is 1. The monoisotopic (exact) mass is 209 g/mol. The predicted octanol–water partition coefficient (Wildman–Crippen LogP) is 3.35. The minimum Gasteiger partial charge on any atom is -0.321 e. The summed E-state index contributed by atoms with van der Waals surface area (Å²) in [5.74, 6) is 0.0553. The Morgan fingerprint density at radius 1 is 1.47 bits per heavy atom. The van der Waals surface area contributed by atoms with Gasteiger partial charge in [0.15, 0.2) is 0 Å². The van der Waals surface area contributed by atoms with Crippen LogP contribution in [0.3, 0.4) is 0 Å². The maximum Gasteiger partial charge on any atom is 0.128 e. The van der Waals surface area contributed by atoms with E-state index in [0.717, 1.165) is 12.0 Å². The highest BCUT2D eigenvalue weighted by Crippen LogP contribution is 2.30. The molecule has 2 N–H and O–H groups in total. The first-order valence-electron chi connectivity index (χ1n) is 5.45. The molecular formula is C13H20FN. The lowest BCUT2D eigenvalue weighted by Gasteiger charge is -2.32. The average molecular weight is 209 g/mol. The molecule has 0 fully saturated rings. The molecule has 0 aliphatic rings. The van der Waals surface area contributed by atoms with Crippen molar-refractivity contribution in [3.05, 3.63) is 35.1 Å². The molecule has 0 spiro atoms. The van der Waals surface area contributed by atoms with Gasteiger partial charge in [0.1, 0.15) is 5.82 Å². The minimum absolute atomic E-state index is 0.203. The van der Waals surface area contributed by atoms with Gasteiger partial charge in [-0.05, 0) is 25.8 Å². The van der Waals surface area contributed by atoms with Gasteiger partial charge in [0, 0.05) is 11.1 Å². The van der Waals surface area contributed by atoms with Crippen LogP contribution < -0.4 is 5.73 Å². The van der Waals surface area contributed by atoms with Crippen molar-refractivity contribution in [2.45, 2.75) is 39.7 Å². The molecule has 1 nitrogen and oxygen atoms in total. The number of nitrogens with two attached hydrogens (primary N) is 1. The zero-order valence-electron chi connectivity index (χ0n) is 9.97. The van der Waals surface area contributed by atoms with Crippen LogP contribution in [0.5, 0.6) is 0 Å². The predicted molar refractivity (Wildman–Crippen MR) is 62.1 cm³/mol. The van der Waals surface area contributed by atoms with Gasteiger partial charge in [0.2, 0.25) is 0 Å². The number of halogens is 1. The molecule has 0 amide bonds. The van der Waals surface area contributed by atoms with Gasteiger partial charge in [0.05, 0.1) is 0 Å². The molecule has 0 saturated heterocycles. The van der Waals surface area contributed by atoms with Crippen LogP contribution in [0.1, 0.15) is 38.3 Å². The van der Waals surface area contributed by atoms with E-state index in [-0.39, 0.29) is 11.7 Å². The summed E-state index contributed by atoms with van der Waals surface area (Å²) in [5.41, 5.74) is 7.30. The van der Waals surface area contributed by atoms with E-state index in [1.165, 1.54) is 6.07 Å². The SMILES string of the molecule is CCC(C)C(C)(N)c1cc(C)ccc1F. The fraction of sp³-hybridized carbons (Fsp3) is 0.538. The Balaban J connectivity index is 3.19. The van der Waals surface area contributed by atoms with Crippen LogP contribution in [0, 0.1) is 18.7 Å². The highest BCUT2D eigenvalue weighted by molar-refractivity contribution is 5.30. The molecule has 84 valence electrons. The van der Waals surface area contributed by atoms with Crippen LogP contribution in [-0.4, -0.2) is 0 Å². The summed E-state index contributed by atoms with van der Waals surface area (Å²) in [6, 6.07) is 5.12. The second-order valence-corrected chi connectivity index (χ2v) is 4.58. The maximum atomic E-state index is 13.7. The summed E-state index contributed by atoms with van der Waals surface area (Å²) in [7, 11) is 0. The molecule has 2 heteroatoms. The topological polar surface area (TPSA) is 26.0 Å². The fourth-order valence-corrected chi connectivity index (χ4v) is 1.74. The third kappa shape index (κ3) is 2.37. The average Bonchev–Trinajstić information content (AvgIpc) is 2.20. The highest BCUT2D eigenvalue weighted by Gasteiger charge is 2.29. The van der Waals surface area contributed by atoms with E-state index in [1.54, 1.807) is 6.07 Å². The summed E-state index contributed by atoms with van der Waals surface area (Å²) < 4.78 is 13.7. The summed E-state index contributed by atoms with van der Waals surface area (Å²) in [5, 5.41) is 0. The minimum atomic E-state index is -0.592. The molecule has 0 bridgehead atoms. The highest BCUT2D eigenvalue weighted by atomic mass is 19.1. The van der Waals surface area contributed by atoms with Gasteiger partial charge in [0.25, 0.3) is 0 Å². The second kappa shape index (κ2) is 4.31. The third-order valence-corrected chi connectivity index (χ3v) is 3.34. The first-order chi connectivity index (χ1) is 6.89. The van der Waals surface area contributed by atoms with E-state index in [0.29, 0.717) is 5.56 Å². The molecule has 2 atom stereocenters. The molecule has 0 aliphatic carbocycles. The lowest BCUT2D eigenvalue weighted by molar-refractivity contribution is 0.305. The van der Waals surface area contributed by atoms with Crippen molar-refractivity contribution >= 4 is 0 Å². The first kappa shape index (κ1) is 12.2. The van der Waals surface area contributed by atoms with Crippen LogP contribution in [-0.2, 0) is 5.54 Å². The van der Waals surface area contributed by atoms with Gasteiger partial charge in [-0.25, -0.2) is 4.39 Å². The number of aryl methyl sites for hydroxylation is 1. The van der Waals surface area contributed by atoms with Crippen molar-refractivity contribution in [3.63, 3.8) is 0 Å². The lowest BCUT2D eigenvalue weighted by atomic mass is 9.79. The van der Waals surface area contributed by atoms with Gasteiger partial charge in [-0.1, -0.05) is 38.0 Å². The number of rotatable bonds is 3. The van der Waals surface area contributed by atoms with Crippen molar-refractivity contribution in [3.8, 4) is 0 Å². The standard InChI is InChI=1S/C13H20FN/c1-5-10(3)13(4,15)11-8-9(2)6-7-12(11)14/h6-8,10H,5,15H2,1-4H3. The summed E-state index contributed by atoms with van der Waals surface area (Å²) >= 11 is 0. The molecule has 0 saturated carbocycles. The largest absolute Gasteiger partial charge is 0.321 e. The molecule has 1 rings (SSSR count). The normalized spacial score (nSPS) is 17.2. The Morgan fingerprint density at radius 3 is 2.60 bits per heavy atom. The van der Waals surface area contributed by atoms with Crippen molar-refractivity contribution in [2.24, 2.45) is 11.7 Å². The Hall–Kier alpha value is -0.890. The van der Waals surface area contributed by atoms with Gasteiger partial charge < -0.3 is 5.73 Å². The van der Waals surface area contributed by atoms with Crippen LogP contribution in [0.4, 0.5) is 4.39 Å². The van der Waals surface area contributed by atoms with Crippen LogP contribution in [0.15, 0.2) is 18.2 Å². The number of hydrogen-bond donors (Lipinski definition) is 1. The van der Waals surface area contributed by atoms with E-state index in [9.17, 15) is 4.39 Å². The number of hydrogen-bond acceptors (Lipinski definition) is 1. The van der Waals surface area contributed by atoms with E-state index < -0.39 is 5.54 Å². The van der Waals surface area contributed by atoms with Crippen molar-refractivity contribution in [1.82, 2.24) is 0 Å². The maximum absolute atomic E-state index is 13.7. The molecule has 0 radical (unpaired) electrons. The molecule has 1 aromatic carbocycles. The lowest BCUT2D eigenvalue weighted by Crippen LogP contribution is -2.40. The molecule has 0 aliphatic heterocycles. The zero-order valence-corrected chi connectivity index (χ0v) is 9.97. The quantitative estimate of drug-likeness (QED) is 0.811. The molecule has 1 aromatic rings. The summed E-state index contributed by atoms with van der Waals surface area (Å²) in [6.07, 6.45) is 0.945. The van der Waals surface area contributed by atoms with Gasteiger partial charge in [-0.2, -0.15) is 0 Å². The molecule has 2 unspecified atom stereocenters. The Labute approximate surface area is 91.5 Å². The first-order valence-corrected chi connectivity index (χ1v) is 5.45. The Kier molecular flexibility index (Phi) is 3.50. The van der Waals surface area contributed by atoms with E-state index >= 15 is 0 Å². The van der Waals surface area contributed by atoms with Crippen LogP contribution in [0.25, 0.3) is 0 Å². The molecule has 15 heavy (non-hydrogen) atoms.